The van der Waals surface area contributed by atoms with Crippen molar-refractivity contribution < 1.29 is 9.53 Å². The number of nitrogens with one attached hydrogen (secondary N) is 2. The van der Waals surface area contributed by atoms with Crippen LogP contribution in [0.3, 0.4) is 0 Å². The van der Waals surface area contributed by atoms with Crippen LogP contribution in [0.5, 0.6) is 5.75 Å². The molecule has 0 saturated heterocycles. The van der Waals surface area contributed by atoms with Crippen molar-refractivity contribution in [1.29, 1.82) is 0 Å². The van der Waals surface area contributed by atoms with Crippen molar-refractivity contribution in [2.75, 3.05) is 17.7 Å². The van der Waals surface area contributed by atoms with Gasteiger partial charge in [-0.05, 0) is 56.2 Å². The van der Waals surface area contributed by atoms with Gasteiger partial charge in [0.2, 0.25) is 0 Å². The molecule has 0 saturated carbocycles. The van der Waals surface area contributed by atoms with Gasteiger partial charge in [0, 0.05) is 17.4 Å². The molecule has 3 aromatic rings. The summed E-state index contributed by atoms with van der Waals surface area (Å²) in [6.07, 6.45) is 0. The van der Waals surface area contributed by atoms with E-state index in [0.29, 0.717) is 22.4 Å². The summed E-state index contributed by atoms with van der Waals surface area (Å²) in [5, 5.41) is 6.54. The fraction of sp³-hybridized carbons (Fsp3) is 0.190. The van der Waals surface area contributed by atoms with Gasteiger partial charge in [-0.1, -0.05) is 23.7 Å². The van der Waals surface area contributed by atoms with Crippen LogP contribution in [0.1, 0.15) is 27.4 Å². The Balaban J connectivity index is 1.83. The first-order valence-electron chi connectivity index (χ1n) is 8.70. The quantitative estimate of drug-likeness (QED) is 0.630. The predicted octanol–water partition coefficient (Wildman–Crippen LogP) is 5.06. The molecule has 0 aliphatic carbocycles. The molecule has 1 amide bonds. The minimum Gasteiger partial charge on any atom is -0.495 e. The van der Waals surface area contributed by atoms with Gasteiger partial charge in [-0.3, -0.25) is 4.79 Å². The lowest BCUT2D eigenvalue weighted by molar-refractivity contribution is 0.102. The highest BCUT2D eigenvalue weighted by molar-refractivity contribution is 6.32. The van der Waals surface area contributed by atoms with E-state index in [1.54, 1.807) is 32.2 Å². The minimum atomic E-state index is -0.296. The number of aryl methyl sites for hydroxylation is 3. The normalized spacial score (nSPS) is 10.5. The first kappa shape index (κ1) is 19.6. The minimum absolute atomic E-state index is 0.274. The Bertz CT molecular complexity index is 1040. The van der Waals surface area contributed by atoms with E-state index >= 15 is 0 Å². The summed E-state index contributed by atoms with van der Waals surface area (Å²) in [5.74, 6) is 1.27. The van der Waals surface area contributed by atoms with Crippen molar-refractivity contribution in [1.82, 2.24) is 9.97 Å². The van der Waals surface area contributed by atoms with Crippen LogP contribution >= 0.6 is 11.6 Å². The van der Waals surface area contributed by atoms with E-state index in [-0.39, 0.29) is 11.6 Å². The van der Waals surface area contributed by atoms with Crippen LogP contribution < -0.4 is 15.4 Å². The van der Waals surface area contributed by atoms with Crippen LogP contribution in [0.2, 0.25) is 5.02 Å². The number of rotatable bonds is 5. The highest BCUT2D eigenvalue weighted by Crippen LogP contribution is 2.28. The largest absolute Gasteiger partial charge is 0.495 e. The second-order valence-electron chi connectivity index (χ2n) is 6.43. The molecule has 2 aromatic carbocycles. The van der Waals surface area contributed by atoms with Crippen LogP contribution in [0.4, 0.5) is 17.2 Å². The van der Waals surface area contributed by atoms with Crippen molar-refractivity contribution >= 4 is 34.7 Å². The van der Waals surface area contributed by atoms with Gasteiger partial charge in [-0.2, -0.15) is 0 Å². The Morgan fingerprint density at radius 3 is 2.54 bits per heavy atom. The predicted molar refractivity (Wildman–Crippen MR) is 112 cm³/mol. The number of ether oxygens (including phenoxy) is 1. The van der Waals surface area contributed by atoms with E-state index < -0.39 is 0 Å². The number of anilines is 3. The van der Waals surface area contributed by atoms with Crippen molar-refractivity contribution in [3.8, 4) is 5.75 Å². The van der Waals surface area contributed by atoms with Crippen molar-refractivity contribution in [2.24, 2.45) is 0 Å². The number of hydrogen-bond donors (Lipinski definition) is 2. The molecular weight excluding hydrogens is 376 g/mol. The molecule has 144 valence electrons. The molecule has 7 heteroatoms. The van der Waals surface area contributed by atoms with Gasteiger partial charge < -0.3 is 15.4 Å². The van der Waals surface area contributed by atoms with Crippen molar-refractivity contribution in [2.45, 2.75) is 20.8 Å². The number of methoxy groups -OCH3 is 1. The van der Waals surface area contributed by atoms with Crippen molar-refractivity contribution in [3.63, 3.8) is 0 Å². The fourth-order valence-electron chi connectivity index (χ4n) is 2.70. The number of aromatic nitrogens is 2. The Morgan fingerprint density at radius 1 is 1.04 bits per heavy atom. The van der Waals surface area contributed by atoms with Crippen LogP contribution in [0, 0.1) is 20.8 Å². The highest BCUT2D eigenvalue weighted by atomic mass is 35.5. The van der Waals surface area contributed by atoms with Gasteiger partial charge in [-0.15, -0.1) is 0 Å². The van der Waals surface area contributed by atoms with Crippen LogP contribution in [0.25, 0.3) is 0 Å². The van der Waals surface area contributed by atoms with E-state index in [2.05, 4.69) is 20.6 Å². The summed E-state index contributed by atoms with van der Waals surface area (Å²) in [6, 6.07) is 12.8. The topological polar surface area (TPSA) is 76.1 Å². The van der Waals surface area contributed by atoms with Gasteiger partial charge >= 0.3 is 0 Å². The SMILES string of the molecule is COc1ccc(Nc2cc(C(=O)Nc3cc(C)ccc3C)nc(C)n2)cc1Cl. The zero-order valence-corrected chi connectivity index (χ0v) is 16.9. The fourth-order valence-corrected chi connectivity index (χ4v) is 2.95. The molecule has 28 heavy (non-hydrogen) atoms. The monoisotopic (exact) mass is 396 g/mol. The number of benzene rings is 2. The molecule has 0 spiro atoms. The van der Waals surface area contributed by atoms with Gasteiger partial charge in [0.15, 0.2) is 0 Å². The van der Waals surface area contributed by atoms with Crippen LogP contribution in [0.15, 0.2) is 42.5 Å². The summed E-state index contributed by atoms with van der Waals surface area (Å²) in [7, 11) is 1.56. The van der Waals surface area contributed by atoms with Gasteiger partial charge in [-0.25, -0.2) is 9.97 Å². The lowest BCUT2D eigenvalue weighted by Crippen LogP contribution is -2.16. The first-order valence-corrected chi connectivity index (χ1v) is 9.08. The molecule has 2 N–H and O–H groups in total. The summed E-state index contributed by atoms with van der Waals surface area (Å²) < 4.78 is 5.16. The smallest absolute Gasteiger partial charge is 0.274 e. The number of carbonyl (C=O) groups excluding carboxylic acids is 1. The molecule has 0 aliphatic heterocycles. The van der Waals surface area contributed by atoms with E-state index in [1.165, 1.54) is 0 Å². The Morgan fingerprint density at radius 2 is 1.82 bits per heavy atom. The van der Waals surface area contributed by atoms with E-state index in [4.69, 9.17) is 16.3 Å². The third kappa shape index (κ3) is 4.58. The standard InChI is InChI=1S/C21H21ClN4O2/c1-12-5-6-13(2)17(9-12)26-21(27)18-11-20(24-14(3)23-18)25-15-7-8-19(28-4)16(22)10-15/h5-11H,1-4H3,(H,26,27)(H,23,24,25). The number of amides is 1. The number of carbonyl (C=O) groups is 1. The zero-order valence-electron chi connectivity index (χ0n) is 16.1. The lowest BCUT2D eigenvalue weighted by atomic mass is 10.1. The maximum Gasteiger partial charge on any atom is 0.274 e. The number of nitrogens with zero attached hydrogens (tertiary/aromatic N) is 2. The van der Waals surface area contributed by atoms with Crippen molar-refractivity contribution in [3.05, 3.63) is 70.1 Å². The molecule has 3 rings (SSSR count). The third-order valence-electron chi connectivity index (χ3n) is 4.14. The molecular formula is C21H21ClN4O2. The first-order chi connectivity index (χ1) is 13.4. The summed E-state index contributed by atoms with van der Waals surface area (Å²) in [5.41, 5.74) is 3.81. The third-order valence-corrected chi connectivity index (χ3v) is 4.43. The lowest BCUT2D eigenvalue weighted by Gasteiger charge is -2.12. The van der Waals surface area contributed by atoms with Crippen LogP contribution in [-0.4, -0.2) is 23.0 Å². The second kappa shape index (κ2) is 8.27. The van der Waals surface area contributed by atoms with Crippen LogP contribution in [-0.2, 0) is 0 Å². The summed E-state index contributed by atoms with van der Waals surface area (Å²) >= 11 is 6.16. The van der Waals surface area contributed by atoms with E-state index in [0.717, 1.165) is 22.5 Å². The molecule has 0 radical (unpaired) electrons. The Labute approximate surface area is 168 Å². The maximum absolute atomic E-state index is 12.7. The Hall–Kier alpha value is -3.12. The molecule has 0 aliphatic rings. The molecule has 1 heterocycles. The summed E-state index contributed by atoms with van der Waals surface area (Å²) in [4.78, 5) is 21.3. The van der Waals surface area contributed by atoms with E-state index in [1.807, 2.05) is 38.1 Å². The Kier molecular flexibility index (Phi) is 5.80. The molecule has 0 fully saturated rings. The maximum atomic E-state index is 12.7. The van der Waals surface area contributed by atoms with Gasteiger partial charge in [0.1, 0.15) is 23.1 Å². The molecule has 0 bridgehead atoms. The average Bonchev–Trinajstić information content (AvgIpc) is 2.64. The molecule has 6 nitrogen and oxygen atoms in total. The van der Waals surface area contributed by atoms with Gasteiger partial charge in [0.05, 0.1) is 12.1 Å². The molecule has 0 atom stereocenters. The van der Waals surface area contributed by atoms with E-state index in [9.17, 15) is 4.79 Å². The highest BCUT2D eigenvalue weighted by Gasteiger charge is 2.13. The zero-order chi connectivity index (χ0) is 20.3. The second-order valence-corrected chi connectivity index (χ2v) is 6.84. The average molecular weight is 397 g/mol. The molecule has 0 unspecified atom stereocenters. The number of hydrogen-bond acceptors (Lipinski definition) is 5. The van der Waals surface area contributed by atoms with Gasteiger partial charge in [0.25, 0.3) is 5.91 Å². The summed E-state index contributed by atoms with van der Waals surface area (Å²) in [6.45, 7) is 5.66. The molecule has 1 aromatic heterocycles. The number of halogens is 1.